The Hall–Kier alpha value is -3.46. The van der Waals surface area contributed by atoms with Crippen molar-refractivity contribution in [2.24, 2.45) is 10.6 Å². The largest absolute Gasteiger partial charge is 0.396 e. The average Bonchev–Trinajstić information content (AvgIpc) is 2.78. The lowest BCUT2D eigenvalue weighted by atomic mass is 9.72. The van der Waals surface area contributed by atoms with Crippen LogP contribution in [0.15, 0.2) is 60.1 Å². The number of aromatic nitrogens is 3. The second kappa shape index (κ2) is 8.82. The Morgan fingerprint density at radius 2 is 1.88 bits per heavy atom. The van der Waals surface area contributed by atoms with Crippen LogP contribution >= 0.6 is 0 Å². The van der Waals surface area contributed by atoms with Crippen LogP contribution in [0.4, 0.5) is 14.5 Å². The van der Waals surface area contributed by atoms with Crippen LogP contribution in [0.3, 0.4) is 0 Å². The molecule has 2 fully saturated rings. The van der Waals surface area contributed by atoms with Gasteiger partial charge in [-0.3, -0.25) is 9.88 Å². The van der Waals surface area contributed by atoms with E-state index in [2.05, 4.69) is 30.1 Å². The van der Waals surface area contributed by atoms with Gasteiger partial charge in [-0.2, -0.15) is 10.2 Å². The molecule has 7 nitrogen and oxygen atoms in total. The molecule has 33 heavy (non-hydrogen) atoms. The van der Waals surface area contributed by atoms with E-state index in [4.69, 9.17) is 4.84 Å². The summed E-state index contributed by atoms with van der Waals surface area (Å²) in [4.78, 5) is 14.4. The summed E-state index contributed by atoms with van der Waals surface area (Å²) < 4.78 is 27.1. The standard InChI is InChI=1S/C24H24F2N6O/c1-2-33-30-23(18-4-5-20(25)21(26)9-18)22-6-3-17(10-27-22)12-31-13-24(14-31)15-32(16-24)19-7-8-28-29-11-19/h3-11H,2,12-16H2,1H3/b30-23+. The Balaban J connectivity index is 1.20. The van der Waals surface area contributed by atoms with Gasteiger partial charge >= 0.3 is 0 Å². The van der Waals surface area contributed by atoms with Crippen molar-refractivity contribution in [1.29, 1.82) is 0 Å². The van der Waals surface area contributed by atoms with Gasteiger partial charge in [-0.05, 0) is 42.8 Å². The molecule has 170 valence electrons. The Morgan fingerprint density at radius 1 is 1.03 bits per heavy atom. The molecule has 2 aliphatic heterocycles. The van der Waals surface area contributed by atoms with Gasteiger partial charge in [-0.1, -0.05) is 11.2 Å². The number of anilines is 1. The maximum atomic E-state index is 13.7. The van der Waals surface area contributed by atoms with Gasteiger partial charge in [0.25, 0.3) is 0 Å². The molecule has 0 bridgehead atoms. The van der Waals surface area contributed by atoms with E-state index >= 15 is 0 Å². The van der Waals surface area contributed by atoms with Gasteiger partial charge in [0, 0.05) is 49.9 Å². The minimum Gasteiger partial charge on any atom is -0.396 e. The molecule has 3 aromatic rings. The number of nitrogens with zero attached hydrogens (tertiary/aromatic N) is 6. The van der Waals surface area contributed by atoms with Crippen LogP contribution in [0.1, 0.15) is 23.7 Å². The van der Waals surface area contributed by atoms with Crippen molar-refractivity contribution in [3.8, 4) is 0 Å². The number of hydrogen-bond acceptors (Lipinski definition) is 7. The second-order valence-electron chi connectivity index (χ2n) is 8.64. The van der Waals surface area contributed by atoms with E-state index in [0.717, 1.165) is 56.1 Å². The van der Waals surface area contributed by atoms with E-state index in [0.29, 0.717) is 29.0 Å². The van der Waals surface area contributed by atoms with Crippen molar-refractivity contribution in [2.75, 3.05) is 37.7 Å². The lowest BCUT2D eigenvalue weighted by Gasteiger charge is -2.61. The molecule has 0 N–H and O–H groups in total. The molecule has 1 spiro atoms. The van der Waals surface area contributed by atoms with E-state index in [-0.39, 0.29) is 0 Å². The van der Waals surface area contributed by atoms with Crippen molar-refractivity contribution in [1.82, 2.24) is 20.1 Å². The summed E-state index contributed by atoms with van der Waals surface area (Å²) in [7, 11) is 0. The summed E-state index contributed by atoms with van der Waals surface area (Å²) in [5.74, 6) is -1.84. The number of rotatable bonds is 7. The van der Waals surface area contributed by atoms with Crippen molar-refractivity contribution >= 4 is 11.4 Å². The van der Waals surface area contributed by atoms with Crippen LogP contribution in [0.25, 0.3) is 0 Å². The number of hydrogen-bond donors (Lipinski definition) is 0. The summed E-state index contributed by atoms with van der Waals surface area (Å²) in [6.07, 6.45) is 5.33. The Bertz CT molecular complexity index is 1140. The van der Waals surface area contributed by atoms with Gasteiger partial charge in [-0.25, -0.2) is 8.78 Å². The summed E-state index contributed by atoms with van der Waals surface area (Å²) in [6, 6.07) is 9.47. The van der Waals surface area contributed by atoms with Crippen molar-refractivity contribution < 1.29 is 13.6 Å². The van der Waals surface area contributed by atoms with Crippen molar-refractivity contribution in [3.63, 3.8) is 0 Å². The highest BCUT2D eigenvalue weighted by atomic mass is 19.2. The molecule has 0 atom stereocenters. The molecule has 1 aromatic carbocycles. The first-order valence-corrected chi connectivity index (χ1v) is 10.9. The lowest BCUT2D eigenvalue weighted by Crippen LogP contribution is -2.71. The SMILES string of the molecule is CCO/N=C(\c1ccc(F)c(F)c1)c1ccc(CN2CC3(C2)CN(c2ccnnc2)C3)cn1. The lowest BCUT2D eigenvalue weighted by molar-refractivity contribution is -0.0274. The van der Waals surface area contributed by atoms with Crippen LogP contribution in [0.2, 0.25) is 0 Å². The normalized spacial score (nSPS) is 17.5. The average molecular weight is 450 g/mol. The quantitative estimate of drug-likeness (QED) is 0.407. The third kappa shape index (κ3) is 4.41. The zero-order valence-electron chi connectivity index (χ0n) is 18.3. The highest BCUT2D eigenvalue weighted by Crippen LogP contribution is 2.42. The van der Waals surface area contributed by atoms with E-state index in [1.807, 2.05) is 18.2 Å². The number of likely N-dealkylation sites (tertiary alicyclic amines) is 1. The minimum absolute atomic E-state index is 0.358. The Morgan fingerprint density at radius 3 is 2.55 bits per heavy atom. The van der Waals surface area contributed by atoms with Gasteiger partial charge in [0.2, 0.25) is 0 Å². The Kier molecular flexibility index (Phi) is 5.72. The smallest absolute Gasteiger partial charge is 0.159 e. The molecule has 0 amide bonds. The molecule has 2 aromatic heterocycles. The van der Waals surface area contributed by atoms with Gasteiger partial charge in [0.15, 0.2) is 11.6 Å². The Labute approximate surface area is 190 Å². The van der Waals surface area contributed by atoms with Gasteiger partial charge in [0.1, 0.15) is 12.3 Å². The molecule has 4 heterocycles. The molecule has 2 aliphatic rings. The van der Waals surface area contributed by atoms with Gasteiger partial charge in [-0.15, -0.1) is 0 Å². The predicted molar refractivity (Wildman–Crippen MR) is 120 cm³/mol. The van der Waals surface area contributed by atoms with Gasteiger partial charge < -0.3 is 9.74 Å². The maximum absolute atomic E-state index is 13.7. The summed E-state index contributed by atoms with van der Waals surface area (Å²) in [5, 5.41) is 11.9. The number of benzene rings is 1. The first-order valence-electron chi connectivity index (χ1n) is 10.9. The maximum Gasteiger partial charge on any atom is 0.159 e. The number of oxime groups is 1. The molecule has 5 rings (SSSR count). The molecule has 0 radical (unpaired) electrons. The van der Waals surface area contributed by atoms with Crippen LogP contribution in [-0.2, 0) is 11.4 Å². The van der Waals surface area contributed by atoms with Gasteiger partial charge in [0.05, 0.1) is 23.8 Å². The molecular formula is C24H24F2N6O. The summed E-state index contributed by atoms with van der Waals surface area (Å²) >= 11 is 0. The third-order valence-electron chi connectivity index (χ3n) is 6.06. The highest BCUT2D eigenvalue weighted by Gasteiger charge is 2.51. The number of pyridine rings is 1. The van der Waals surface area contributed by atoms with Crippen LogP contribution in [-0.4, -0.2) is 58.6 Å². The molecule has 0 aliphatic carbocycles. The highest BCUT2D eigenvalue weighted by molar-refractivity contribution is 6.11. The van der Waals surface area contributed by atoms with Crippen molar-refractivity contribution in [3.05, 3.63) is 83.4 Å². The fourth-order valence-electron chi connectivity index (χ4n) is 4.57. The predicted octanol–water partition coefficient (Wildman–Crippen LogP) is 3.26. The number of halogens is 2. The fourth-order valence-corrected chi connectivity index (χ4v) is 4.57. The van der Waals surface area contributed by atoms with E-state index in [1.54, 1.807) is 25.5 Å². The van der Waals surface area contributed by atoms with Crippen LogP contribution in [0.5, 0.6) is 0 Å². The molecule has 9 heteroatoms. The van der Waals surface area contributed by atoms with Crippen LogP contribution < -0.4 is 4.90 Å². The monoisotopic (exact) mass is 450 g/mol. The second-order valence-corrected chi connectivity index (χ2v) is 8.64. The third-order valence-corrected chi connectivity index (χ3v) is 6.06. The zero-order chi connectivity index (χ0) is 22.8. The topological polar surface area (TPSA) is 66.7 Å². The zero-order valence-corrected chi connectivity index (χ0v) is 18.3. The van der Waals surface area contributed by atoms with Crippen molar-refractivity contribution in [2.45, 2.75) is 13.5 Å². The minimum atomic E-state index is -0.935. The fraction of sp³-hybridized carbons (Fsp3) is 0.333. The van der Waals surface area contributed by atoms with E-state index < -0.39 is 11.6 Å². The first kappa shape index (κ1) is 21.4. The molecule has 0 unspecified atom stereocenters. The van der Waals surface area contributed by atoms with Crippen LogP contribution in [0, 0.1) is 17.0 Å². The van der Waals surface area contributed by atoms with E-state index in [1.165, 1.54) is 6.07 Å². The first-order chi connectivity index (χ1) is 16.0. The summed E-state index contributed by atoms with van der Waals surface area (Å²) in [6.45, 7) is 7.16. The molecular weight excluding hydrogens is 426 g/mol. The summed E-state index contributed by atoms with van der Waals surface area (Å²) in [5.41, 5.74) is 3.89. The van der Waals surface area contributed by atoms with E-state index in [9.17, 15) is 8.78 Å². The molecule has 0 saturated carbocycles. The molecule has 2 saturated heterocycles.